The summed E-state index contributed by atoms with van der Waals surface area (Å²) in [7, 11) is 4.57. The Hall–Kier alpha value is -4.33. The SMILES string of the molecule is COc1ccc(C2CC(=O)Oc3ccc4c(c32)OC(=Cc2cccnc2)C4=O)c(OC)c1OC. The number of pyridine rings is 1. The zero-order valence-corrected chi connectivity index (χ0v) is 18.8. The van der Waals surface area contributed by atoms with Gasteiger partial charge in [-0.15, -0.1) is 0 Å². The van der Waals surface area contributed by atoms with Crippen LogP contribution in [-0.2, 0) is 4.79 Å². The number of benzene rings is 2. The summed E-state index contributed by atoms with van der Waals surface area (Å²) < 4.78 is 28.2. The predicted molar refractivity (Wildman–Crippen MR) is 122 cm³/mol. The monoisotopic (exact) mass is 459 g/mol. The summed E-state index contributed by atoms with van der Waals surface area (Å²) in [6.45, 7) is 0. The molecule has 2 aromatic carbocycles. The number of rotatable bonds is 5. The first-order valence-corrected chi connectivity index (χ1v) is 10.6. The standard InChI is InChI=1S/C26H21NO7/c1-30-19-9-6-15(25(31-2)26(19)32-3)17-12-21(28)33-18-8-7-16-23(29)20(34-24(16)22(17)18)11-14-5-4-10-27-13-14/h4-11,13,17H,12H2,1-3H3. The lowest BCUT2D eigenvalue weighted by atomic mass is 9.84. The first-order chi connectivity index (χ1) is 16.5. The number of Topliss-reactive ketones (excluding diaryl/α,β-unsaturated/α-hetero) is 1. The van der Waals surface area contributed by atoms with Crippen molar-refractivity contribution in [2.45, 2.75) is 12.3 Å². The van der Waals surface area contributed by atoms with Crippen molar-refractivity contribution in [1.29, 1.82) is 0 Å². The summed E-state index contributed by atoms with van der Waals surface area (Å²) in [5.41, 5.74) is 2.42. The molecule has 8 heteroatoms. The van der Waals surface area contributed by atoms with Gasteiger partial charge in [0.1, 0.15) is 11.5 Å². The van der Waals surface area contributed by atoms with Crippen LogP contribution in [0.25, 0.3) is 6.08 Å². The molecule has 0 radical (unpaired) electrons. The Morgan fingerprint density at radius 2 is 1.79 bits per heavy atom. The molecule has 0 saturated carbocycles. The molecule has 5 rings (SSSR count). The Labute approximate surface area is 195 Å². The fraction of sp³-hybridized carbons (Fsp3) is 0.192. The van der Waals surface area contributed by atoms with Crippen LogP contribution in [0.4, 0.5) is 0 Å². The molecule has 0 amide bonds. The minimum Gasteiger partial charge on any atom is -0.493 e. The summed E-state index contributed by atoms with van der Waals surface area (Å²) in [5.74, 6) is 1.07. The molecule has 3 aromatic rings. The summed E-state index contributed by atoms with van der Waals surface area (Å²) in [6.07, 6.45) is 4.97. The highest BCUT2D eigenvalue weighted by molar-refractivity contribution is 6.15. The number of hydrogen-bond donors (Lipinski definition) is 0. The van der Waals surface area contributed by atoms with E-state index in [0.29, 0.717) is 45.4 Å². The summed E-state index contributed by atoms with van der Waals surface area (Å²) in [5, 5.41) is 0. The maximum absolute atomic E-state index is 13.1. The highest BCUT2D eigenvalue weighted by Crippen LogP contribution is 2.52. The molecular formula is C26H21NO7. The number of fused-ring (bicyclic) bond motifs is 3. The van der Waals surface area contributed by atoms with Crippen LogP contribution >= 0.6 is 0 Å². The van der Waals surface area contributed by atoms with Crippen molar-refractivity contribution in [3.05, 3.63) is 76.8 Å². The molecule has 0 aliphatic carbocycles. The molecule has 1 unspecified atom stereocenters. The highest BCUT2D eigenvalue weighted by Gasteiger charge is 2.40. The van der Waals surface area contributed by atoms with Crippen molar-refractivity contribution in [2.24, 2.45) is 0 Å². The minimum atomic E-state index is -0.494. The zero-order valence-electron chi connectivity index (χ0n) is 18.8. The van der Waals surface area contributed by atoms with Crippen molar-refractivity contribution in [3.8, 4) is 28.7 Å². The fourth-order valence-corrected chi connectivity index (χ4v) is 4.38. The maximum Gasteiger partial charge on any atom is 0.312 e. The molecule has 0 bridgehead atoms. The minimum absolute atomic E-state index is 0.0362. The predicted octanol–water partition coefficient (Wildman–Crippen LogP) is 4.16. The van der Waals surface area contributed by atoms with Crippen molar-refractivity contribution >= 4 is 17.8 Å². The number of hydrogen-bond acceptors (Lipinski definition) is 8. The number of aromatic nitrogens is 1. The normalized spacial score (nSPS) is 17.5. The maximum atomic E-state index is 13.1. The largest absolute Gasteiger partial charge is 0.493 e. The van der Waals surface area contributed by atoms with E-state index in [1.807, 2.05) is 12.1 Å². The second kappa shape index (κ2) is 8.55. The van der Waals surface area contributed by atoms with Gasteiger partial charge in [-0.2, -0.15) is 0 Å². The smallest absolute Gasteiger partial charge is 0.312 e. The second-order valence-corrected chi connectivity index (χ2v) is 7.73. The van der Waals surface area contributed by atoms with Crippen molar-refractivity contribution in [1.82, 2.24) is 4.98 Å². The molecule has 1 atom stereocenters. The van der Waals surface area contributed by atoms with Crippen LogP contribution in [0.2, 0.25) is 0 Å². The van der Waals surface area contributed by atoms with E-state index < -0.39 is 11.9 Å². The average Bonchev–Trinajstić information content (AvgIpc) is 3.17. The molecule has 2 aliphatic rings. The Kier molecular flexibility index (Phi) is 5.41. The van der Waals surface area contributed by atoms with E-state index in [4.69, 9.17) is 23.7 Å². The van der Waals surface area contributed by atoms with Crippen LogP contribution < -0.4 is 23.7 Å². The Morgan fingerprint density at radius 1 is 0.971 bits per heavy atom. The number of ether oxygens (including phenoxy) is 5. The van der Waals surface area contributed by atoms with Gasteiger partial charge in [-0.05, 0) is 35.9 Å². The third-order valence-corrected chi connectivity index (χ3v) is 5.87. The van der Waals surface area contributed by atoms with Gasteiger partial charge in [-0.1, -0.05) is 12.1 Å². The number of carbonyl (C=O) groups excluding carboxylic acids is 2. The first-order valence-electron chi connectivity index (χ1n) is 10.6. The number of ketones is 1. The van der Waals surface area contributed by atoms with Gasteiger partial charge in [0, 0.05) is 29.4 Å². The van der Waals surface area contributed by atoms with Crippen molar-refractivity contribution in [2.75, 3.05) is 21.3 Å². The quantitative estimate of drug-likeness (QED) is 0.319. The molecule has 0 saturated heterocycles. The highest BCUT2D eigenvalue weighted by atomic mass is 16.5. The lowest BCUT2D eigenvalue weighted by Gasteiger charge is -2.28. The van der Waals surface area contributed by atoms with Gasteiger partial charge in [-0.25, -0.2) is 0 Å². The van der Waals surface area contributed by atoms with Gasteiger partial charge in [0.15, 0.2) is 17.3 Å². The number of nitrogens with zero attached hydrogens (tertiary/aromatic N) is 1. The lowest BCUT2D eigenvalue weighted by Crippen LogP contribution is -2.22. The molecule has 8 nitrogen and oxygen atoms in total. The van der Waals surface area contributed by atoms with Crippen LogP contribution in [0.5, 0.6) is 28.7 Å². The van der Waals surface area contributed by atoms with E-state index in [1.165, 1.54) is 21.3 Å². The van der Waals surface area contributed by atoms with Gasteiger partial charge in [0.25, 0.3) is 0 Å². The van der Waals surface area contributed by atoms with Gasteiger partial charge in [0.05, 0.1) is 33.3 Å². The zero-order chi connectivity index (χ0) is 23.8. The molecule has 3 heterocycles. The Morgan fingerprint density at radius 3 is 2.50 bits per heavy atom. The van der Waals surface area contributed by atoms with Gasteiger partial charge < -0.3 is 23.7 Å². The molecular weight excluding hydrogens is 438 g/mol. The first kappa shape index (κ1) is 21.5. The average molecular weight is 459 g/mol. The van der Waals surface area contributed by atoms with Crippen LogP contribution in [-0.4, -0.2) is 38.1 Å². The van der Waals surface area contributed by atoms with E-state index in [9.17, 15) is 9.59 Å². The number of methoxy groups -OCH3 is 3. The van der Waals surface area contributed by atoms with Crippen LogP contribution in [0, 0.1) is 0 Å². The number of esters is 1. The van der Waals surface area contributed by atoms with Crippen molar-refractivity contribution < 1.29 is 33.3 Å². The van der Waals surface area contributed by atoms with E-state index in [0.717, 1.165) is 5.56 Å². The Bertz CT molecular complexity index is 1330. The van der Waals surface area contributed by atoms with Gasteiger partial charge in [0.2, 0.25) is 11.5 Å². The van der Waals surface area contributed by atoms with Gasteiger partial charge in [-0.3, -0.25) is 14.6 Å². The second-order valence-electron chi connectivity index (χ2n) is 7.73. The molecule has 0 N–H and O–H groups in total. The lowest BCUT2D eigenvalue weighted by molar-refractivity contribution is -0.135. The molecule has 2 aliphatic heterocycles. The number of carbonyl (C=O) groups is 2. The molecule has 0 spiro atoms. The third-order valence-electron chi connectivity index (χ3n) is 5.87. The van der Waals surface area contributed by atoms with Crippen LogP contribution in [0.1, 0.15) is 39.4 Å². The molecule has 34 heavy (non-hydrogen) atoms. The van der Waals surface area contributed by atoms with E-state index in [2.05, 4.69) is 4.98 Å². The molecule has 172 valence electrons. The van der Waals surface area contributed by atoms with Crippen LogP contribution in [0.15, 0.2) is 54.6 Å². The van der Waals surface area contributed by atoms with Crippen molar-refractivity contribution in [3.63, 3.8) is 0 Å². The topological polar surface area (TPSA) is 93.2 Å². The van der Waals surface area contributed by atoms with E-state index >= 15 is 0 Å². The van der Waals surface area contributed by atoms with Gasteiger partial charge >= 0.3 is 5.97 Å². The fourth-order valence-electron chi connectivity index (χ4n) is 4.38. The summed E-state index contributed by atoms with van der Waals surface area (Å²) in [6, 6.07) is 10.4. The molecule has 1 aromatic heterocycles. The summed E-state index contributed by atoms with van der Waals surface area (Å²) >= 11 is 0. The Balaban J connectivity index is 1.66. The molecule has 0 fully saturated rings. The number of allylic oxidation sites excluding steroid dienone is 1. The van der Waals surface area contributed by atoms with E-state index in [-0.39, 0.29) is 18.0 Å². The van der Waals surface area contributed by atoms with E-state index in [1.54, 1.807) is 42.7 Å². The van der Waals surface area contributed by atoms with Crippen LogP contribution in [0.3, 0.4) is 0 Å². The third kappa shape index (κ3) is 3.44. The summed E-state index contributed by atoms with van der Waals surface area (Å²) in [4.78, 5) is 29.7.